The van der Waals surface area contributed by atoms with Crippen molar-refractivity contribution in [1.82, 2.24) is 15.3 Å². The van der Waals surface area contributed by atoms with Crippen LogP contribution in [0.3, 0.4) is 0 Å². The number of anilines is 3. The fourth-order valence-electron chi connectivity index (χ4n) is 3.95. The first-order valence-corrected chi connectivity index (χ1v) is 11.5. The van der Waals surface area contributed by atoms with E-state index in [4.69, 9.17) is 33.8 Å². The van der Waals surface area contributed by atoms with Crippen molar-refractivity contribution in [3.63, 3.8) is 0 Å². The molecule has 0 amide bonds. The summed E-state index contributed by atoms with van der Waals surface area (Å²) < 4.78 is 0. The number of hydrogen-bond acceptors (Lipinski definition) is 5. The van der Waals surface area contributed by atoms with Crippen LogP contribution in [0.25, 0.3) is 0 Å². The molecule has 0 bridgehead atoms. The lowest BCUT2D eigenvalue weighted by atomic mass is 9.99. The minimum atomic E-state index is 0.492. The Morgan fingerprint density at radius 3 is 2.37 bits per heavy atom. The Hall–Kier alpha value is -2.12. The van der Waals surface area contributed by atoms with Crippen molar-refractivity contribution in [2.24, 2.45) is 5.92 Å². The first-order valence-electron chi connectivity index (χ1n) is 10.8. The Labute approximate surface area is 189 Å². The van der Waals surface area contributed by atoms with E-state index in [0.717, 1.165) is 54.3 Å². The first-order chi connectivity index (χ1) is 14.6. The van der Waals surface area contributed by atoms with Crippen LogP contribution in [0.15, 0.2) is 30.3 Å². The standard InChI is InChI=1S/C22H29ClN6S/c1-16-8-12-29(13-9-16)20-14-19(28-10-4-5-11-28)25-21(26-20)27-22(30)24-15-17-6-2-3-7-18(17)23/h2-3,6-7,14,16H,4-5,8-13,15H2,1H3,(H2,24,25,26,27,30). The molecule has 0 unspecified atom stereocenters. The van der Waals surface area contributed by atoms with E-state index in [1.807, 2.05) is 24.3 Å². The predicted octanol–water partition coefficient (Wildman–Crippen LogP) is 4.45. The molecule has 0 spiro atoms. The molecule has 1 aromatic heterocycles. The summed E-state index contributed by atoms with van der Waals surface area (Å²) in [4.78, 5) is 14.3. The van der Waals surface area contributed by atoms with Crippen LogP contribution in [-0.4, -0.2) is 41.3 Å². The van der Waals surface area contributed by atoms with E-state index in [0.29, 0.717) is 17.6 Å². The molecule has 2 N–H and O–H groups in total. The van der Waals surface area contributed by atoms with Gasteiger partial charge >= 0.3 is 0 Å². The molecule has 0 saturated carbocycles. The third kappa shape index (κ3) is 5.32. The molecule has 2 aliphatic rings. The van der Waals surface area contributed by atoms with E-state index in [1.54, 1.807) is 0 Å². The van der Waals surface area contributed by atoms with Crippen LogP contribution in [0.2, 0.25) is 5.02 Å². The number of nitrogens with zero attached hydrogens (tertiary/aromatic N) is 4. The molecule has 8 heteroatoms. The summed E-state index contributed by atoms with van der Waals surface area (Å²) >= 11 is 11.7. The average Bonchev–Trinajstić information content (AvgIpc) is 3.28. The number of thiocarbonyl (C=S) groups is 1. The van der Waals surface area contributed by atoms with E-state index in [9.17, 15) is 0 Å². The van der Waals surface area contributed by atoms with Crippen molar-refractivity contribution >= 4 is 46.5 Å². The van der Waals surface area contributed by atoms with E-state index in [1.165, 1.54) is 25.7 Å². The van der Waals surface area contributed by atoms with Gasteiger partial charge in [-0.25, -0.2) is 0 Å². The highest BCUT2D eigenvalue weighted by Gasteiger charge is 2.21. The van der Waals surface area contributed by atoms with Crippen molar-refractivity contribution in [1.29, 1.82) is 0 Å². The Morgan fingerprint density at radius 1 is 1.07 bits per heavy atom. The lowest BCUT2D eigenvalue weighted by molar-refractivity contribution is 0.436. The molecule has 3 heterocycles. The van der Waals surface area contributed by atoms with Crippen molar-refractivity contribution < 1.29 is 0 Å². The fourth-order valence-corrected chi connectivity index (χ4v) is 4.31. The lowest BCUT2D eigenvalue weighted by Gasteiger charge is -2.32. The van der Waals surface area contributed by atoms with E-state index in [2.05, 4.69) is 33.4 Å². The maximum absolute atomic E-state index is 6.24. The van der Waals surface area contributed by atoms with Gasteiger partial charge in [0, 0.05) is 43.8 Å². The number of nitrogens with one attached hydrogen (secondary N) is 2. The molecule has 0 atom stereocenters. The smallest absolute Gasteiger partial charge is 0.232 e. The van der Waals surface area contributed by atoms with Crippen LogP contribution in [0.1, 0.15) is 38.2 Å². The zero-order valence-electron chi connectivity index (χ0n) is 17.4. The second kappa shape index (κ2) is 9.79. The van der Waals surface area contributed by atoms with Gasteiger partial charge in [0.05, 0.1) is 0 Å². The molecule has 0 aliphatic carbocycles. The Bertz CT molecular complexity index is 878. The van der Waals surface area contributed by atoms with Gasteiger partial charge < -0.3 is 20.4 Å². The predicted molar refractivity (Wildman–Crippen MR) is 129 cm³/mol. The highest BCUT2D eigenvalue weighted by molar-refractivity contribution is 7.80. The summed E-state index contributed by atoms with van der Waals surface area (Å²) in [5, 5.41) is 7.61. The molecule has 0 radical (unpaired) electrons. The zero-order valence-corrected chi connectivity index (χ0v) is 19.0. The Balaban J connectivity index is 1.48. The number of aromatic nitrogens is 2. The van der Waals surface area contributed by atoms with Crippen molar-refractivity contribution in [2.45, 2.75) is 39.2 Å². The molecule has 1 aromatic carbocycles. The van der Waals surface area contributed by atoms with Crippen LogP contribution in [0.4, 0.5) is 17.6 Å². The van der Waals surface area contributed by atoms with Crippen LogP contribution in [0, 0.1) is 5.92 Å². The third-order valence-corrected chi connectivity index (χ3v) is 6.47. The minimum absolute atomic E-state index is 0.492. The monoisotopic (exact) mass is 444 g/mol. The number of halogens is 1. The maximum Gasteiger partial charge on any atom is 0.232 e. The summed E-state index contributed by atoms with van der Waals surface area (Å²) in [6.07, 6.45) is 4.81. The summed E-state index contributed by atoms with van der Waals surface area (Å²) in [5.74, 6) is 3.28. The van der Waals surface area contributed by atoms with Crippen molar-refractivity contribution in [3.8, 4) is 0 Å². The Morgan fingerprint density at radius 2 is 1.70 bits per heavy atom. The second-order valence-corrected chi connectivity index (χ2v) is 8.99. The summed E-state index contributed by atoms with van der Waals surface area (Å²) in [7, 11) is 0. The molecule has 2 aliphatic heterocycles. The highest BCUT2D eigenvalue weighted by Crippen LogP contribution is 2.27. The highest BCUT2D eigenvalue weighted by atomic mass is 35.5. The molecule has 2 aromatic rings. The second-order valence-electron chi connectivity index (χ2n) is 8.17. The molecule has 2 fully saturated rings. The van der Waals surface area contributed by atoms with Gasteiger partial charge in [-0.05, 0) is 55.4 Å². The summed E-state index contributed by atoms with van der Waals surface area (Å²) in [5.41, 5.74) is 0.998. The number of hydrogen-bond donors (Lipinski definition) is 2. The largest absolute Gasteiger partial charge is 0.358 e. The molecule has 4 rings (SSSR count). The van der Waals surface area contributed by atoms with Crippen LogP contribution in [0.5, 0.6) is 0 Å². The summed E-state index contributed by atoms with van der Waals surface area (Å²) in [6, 6.07) is 9.88. The maximum atomic E-state index is 6.24. The minimum Gasteiger partial charge on any atom is -0.358 e. The first kappa shape index (κ1) is 21.1. The Kier molecular flexibility index (Phi) is 6.89. The molecule has 6 nitrogen and oxygen atoms in total. The van der Waals surface area contributed by atoms with Crippen molar-refractivity contribution in [2.75, 3.05) is 41.3 Å². The number of benzene rings is 1. The van der Waals surface area contributed by atoms with Gasteiger partial charge in [-0.15, -0.1) is 0 Å². The fraction of sp³-hybridized carbons (Fsp3) is 0.500. The zero-order chi connectivity index (χ0) is 20.9. The lowest BCUT2D eigenvalue weighted by Crippen LogP contribution is -2.34. The molecular weight excluding hydrogens is 416 g/mol. The van der Waals surface area contributed by atoms with Crippen molar-refractivity contribution in [3.05, 3.63) is 40.9 Å². The van der Waals surface area contributed by atoms with Gasteiger partial charge in [-0.1, -0.05) is 36.7 Å². The van der Waals surface area contributed by atoms with Gasteiger partial charge in [0.15, 0.2) is 5.11 Å². The quantitative estimate of drug-likeness (QED) is 0.660. The van der Waals surface area contributed by atoms with Crippen LogP contribution in [-0.2, 0) is 6.54 Å². The summed E-state index contributed by atoms with van der Waals surface area (Å²) in [6.45, 7) is 7.03. The third-order valence-electron chi connectivity index (χ3n) is 5.86. The number of piperidine rings is 1. The molecule has 30 heavy (non-hydrogen) atoms. The van der Waals surface area contributed by atoms with E-state index >= 15 is 0 Å². The van der Waals surface area contributed by atoms with Gasteiger partial charge in [0.2, 0.25) is 5.95 Å². The van der Waals surface area contributed by atoms with Crippen LogP contribution < -0.4 is 20.4 Å². The molecule has 160 valence electrons. The SMILES string of the molecule is CC1CCN(c2cc(N3CCCC3)nc(NC(=S)NCc3ccccc3Cl)n2)CC1. The number of rotatable bonds is 5. The van der Waals surface area contributed by atoms with Gasteiger partial charge in [0.25, 0.3) is 0 Å². The van der Waals surface area contributed by atoms with Gasteiger partial charge in [-0.2, -0.15) is 9.97 Å². The van der Waals surface area contributed by atoms with E-state index in [-0.39, 0.29) is 0 Å². The van der Waals surface area contributed by atoms with Crippen LogP contribution >= 0.6 is 23.8 Å². The normalized spacial score (nSPS) is 17.3. The van der Waals surface area contributed by atoms with Gasteiger partial charge in [0.1, 0.15) is 11.6 Å². The van der Waals surface area contributed by atoms with E-state index < -0.39 is 0 Å². The topological polar surface area (TPSA) is 56.3 Å². The molecule has 2 saturated heterocycles. The molecular formula is C22H29ClN6S. The average molecular weight is 445 g/mol. The van der Waals surface area contributed by atoms with Gasteiger partial charge in [-0.3, -0.25) is 0 Å².